The summed E-state index contributed by atoms with van der Waals surface area (Å²) in [4.78, 5) is 8.51. The number of nitrogens with zero attached hydrogens (tertiary/aromatic N) is 2. The van der Waals surface area contributed by atoms with Gasteiger partial charge in [0, 0.05) is 25.4 Å². The van der Waals surface area contributed by atoms with E-state index in [9.17, 15) is 0 Å². The molecule has 0 fully saturated rings. The van der Waals surface area contributed by atoms with Crippen LogP contribution in [0.15, 0.2) is 17.0 Å². The molecule has 7 heteroatoms. The van der Waals surface area contributed by atoms with Crippen molar-refractivity contribution in [1.82, 2.24) is 9.97 Å². The average Bonchev–Trinajstić information content (AvgIpc) is 2.85. The summed E-state index contributed by atoms with van der Waals surface area (Å²) in [5.74, 6) is 1.23. The molecule has 2 heterocycles. The van der Waals surface area contributed by atoms with E-state index in [0.29, 0.717) is 21.7 Å². The van der Waals surface area contributed by atoms with Crippen LogP contribution in [-0.4, -0.2) is 23.6 Å². The molecule has 0 aliphatic heterocycles. The number of hydrogen-bond acceptors (Lipinski definition) is 5. The third-order valence-corrected chi connectivity index (χ3v) is 3.53. The lowest BCUT2D eigenvalue weighted by Crippen LogP contribution is -2.08. The zero-order valence-electron chi connectivity index (χ0n) is 9.70. The van der Waals surface area contributed by atoms with E-state index in [1.54, 1.807) is 24.5 Å². The Hall–Kier alpha value is -1.04. The number of anilines is 2. The predicted octanol–water partition coefficient (Wildman–Crippen LogP) is 3.54. The molecule has 0 spiro atoms. The molecule has 2 aromatic rings. The predicted molar refractivity (Wildman–Crippen MR) is 78.1 cm³/mol. The standard InChI is InChI=1S/C11H12Cl2N4S/c1-14-10-8(12)4-9(13)11(17-10)15-3-2-7-5-18-6-16-7/h4-6H,2-3H2,1H3,(H2,14,15,17). The van der Waals surface area contributed by atoms with Crippen LogP contribution in [-0.2, 0) is 6.42 Å². The van der Waals surface area contributed by atoms with Crippen LogP contribution < -0.4 is 10.6 Å². The molecule has 0 saturated heterocycles. The van der Waals surface area contributed by atoms with Crippen molar-refractivity contribution in [2.45, 2.75) is 6.42 Å². The second kappa shape index (κ2) is 6.22. The van der Waals surface area contributed by atoms with E-state index < -0.39 is 0 Å². The highest BCUT2D eigenvalue weighted by Gasteiger charge is 2.07. The summed E-state index contributed by atoms with van der Waals surface area (Å²) in [6.07, 6.45) is 0.832. The van der Waals surface area contributed by atoms with Gasteiger partial charge < -0.3 is 10.6 Å². The summed E-state index contributed by atoms with van der Waals surface area (Å²) >= 11 is 13.6. The first-order chi connectivity index (χ1) is 8.70. The van der Waals surface area contributed by atoms with Crippen molar-refractivity contribution >= 4 is 46.2 Å². The van der Waals surface area contributed by atoms with Crippen molar-refractivity contribution in [3.63, 3.8) is 0 Å². The molecule has 0 aliphatic carbocycles. The van der Waals surface area contributed by atoms with Crippen molar-refractivity contribution in [3.05, 3.63) is 32.7 Å². The Labute approximate surface area is 119 Å². The third-order valence-electron chi connectivity index (χ3n) is 2.32. The zero-order valence-corrected chi connectivity index (χ0v) is 12.0. The van der Waals surface area contributed by atoms with Gasteiger partial charge in [0.15, 0.2) is 0 Å². The summed E-state index contributed by atoms with van der Waals surface area (Å²) in [5, 5.41) is 9.13. The van der Waals surface area contributed by atoms with Crippen LogP contribution >= 0.6 is 34.5 Å². The molecule has 2 rings (SSSR count). The van der Waals surface area contributed by atoms with Gasteiger partial charge in [-0.05, 0) is 6.07 Å². The van der Waals surface area contributed by atoms with E-state index in [2.05, 4.69) is 20.6 Å². The van der Waals surface area contributed by atoms with Crippen LogP contribution in [0.3, 0.4) is 0 Å². The lowest BCUT2D eigenvalue weighted by Gasteiger charge is -2.10. The normalized spacial score (nSPS) is 10.4. The first kappa shape index (κ1) is 13.4. The van der Waals surface area contributed by atoms with E-state index in [-0.39, 0.29) is 0 Å². The van der Waals surface area contributed by atoms with Crippen LogP contribution in [0.25, 0.3) is 0 Å². The first-order valence-electron chi connectivity index (χ1n) is 5.35. The van der Waals surface area contributed by atoms with E-state index in [1.165, 1.54) is 0 Å². The molecule has 0 amide bonds. The van der Waals surface area contributed by atoms with E-state index in [4.69, 9.17) is 23.2 Å². The van der Waals surface area contributed by atoms with Gasteiger partial charge in [-0.15, -0.1) is 11.3 Å². The topological polar surface area (TPSA) is 49.8 Å². The SMILES string of the molecule is CNc1nc(NCCc2cscn2)c(Cl)cc1Cl. The van der Waals surface area contributed by atoms with Crippen LogP contribution in [0.4, 0.5) is 11.6 Å². The summed E-state index contributed by atoms with van der Waals surface area (Å²) in [7, 11) is 1.77. The number of thiazole rings is 1. The van der Waals surface area contributed by atoms with Gasteiger partial charge in [-0.1, -0.05) is 23.2 Å². The fourth-order valence-electron chi connectivity index (χ4n) is 1.44. The zero-order chi connectivity index (χ0) is 13.0. The Morgan fingerprint density at radius 1 is 1.28 bits per heavy atom. The third kappa shape index (κ3) is 3.25. The Balaban J connectivity index is 2.00. The lowest BCUT2D eigenvalue weighted by molar-refractivity contribution is 0.968. The number of halogens is 2. The average molecular weight is 303 g/mol. The van der Waals surface area contributed by atoms with Gasteiger partial charge >= 0.3 is 0 Å². The molecule has 0 aliphatic rings. The van der Waals surface area contributed by atoms with Crippen molar-refractivity contribution in [2.24, 2.45) is 0 Å². The number of hydrogen-bond donors (Lipinski definition) is 2. The molecule has 18 heavy (non-hydrogen) atoms. The van der Waals surface area contributed by atoms with Crippen LogP contribution in [0.2, 0.25) is 10.0 Å². The first-order valence-corrected chi connectivity index (χ1v) is 7.05. The van der Waals surface area contributed by atoms with Crippen LogP contribution in [0, 0.1) is 0 Å². The van der Waals surface area contributed by atoms with Crippen molar-refractivity contribution < 1.29 is 0 Å². The molecule has 96 valence electrons. The fraction of sp³-hybridized carbons (Fsp3) is 0.273. The van der Waals surface area contributed by atoms with Gasteiger partial charge in [0.25, 0.3) is 0 Å². The summed E-state index contributed by atoms with van der Waals surface area (Å²) in [6, 6.07) is 1.67. The highest BCUT2D eigenvalue weighted by Crippen LogP contribution is 2.28. The number of pyridine rings is 1. The molecule has 0 bridgehead atoms. The summed E-state index contributed by atoms with van der Waals surface area (Å²) in [6.45, 7) is 0.723. The second-order valence-electron chi connectivity index (χ2n) is 3.56. The highest BCUT2D eigenvalue weighted by atomic mass is 35.5. The monoisotopic (exact) mass is 302 g/mol. The minimum Gasteiger partial charge on any atom is -0.372 e. The maximum atomic E-state index is 6.07. The van der Waals surface area contributed by atoms with E-state index in [0.717, 1.165) is 18.7 Å². The maximum absolute atomic E-state index is 6.07. The minimum absolute atomic E-state index is 0.507. The lowest BCUT2D eigenvalue weighted by atomic mass is 10.3. The largest absolute Gasteiger partial charge is 0.372 e. The molecule has 0 aromatic carbocycles. The number of rotatable bonds is 5. The molecular formula is C11H12Cl2N4S. The van der Waals surface area contributed by atoms with Crippen molar-refractivity contribution in [3.8, 4) is 0 Å². The molecule has 0 atom stereocenters. The van der Waals surface area contributed by atoms with E-state index >= 15 is 0 Å². The van der Waals surface area contributed by atoms with E-state index in [1.807, 2.05) is 10.9 Å². The Bertz CT molecular complexity index is 516. The van der Waals surface area contributed by atoms with Gasteiger partial charge in [-0.25, -0.2) is 9.97 Å². The van der Waals surface area contributed by atoms with Gasteiger partial charge in [0.05, 0.1) is 21.2 Å². The molecular weight excluding hydrogens is 291 g/mol. The Kier molecular flexibility index (Phi) is 4.63. The summed E-state index contributed by atoms with van der Waals surface area (Å²) in [5.41, 5.74) is 2.88. The Morgan fingerprint density at radius 3 is 2.72 bits per heavy atom. The van der Waals surface area contributed by atoms with Crippen LogP contribution in [0.5, 0.6) is 0 Å². The Morgan fingerprint density at radius 2 is 2.06 bits per heavy atom. The van der Waals surface area contributed by atoms with Crippen LogP contribution in [0.1, 0.15) is 5.69 Å². The quantitative estimate of drug-likeness (QED) is 0.887. The van der Waals surface area contributed by atoms with Gasteiger partial charge in [0.2, 0.25) is 0 Å². The van der Waals surface area contributed by atoms with Crippen molar-refractivity contribution in [1.29, 1.82) is 0 Å². The number of aromatic nitrogens is 2. The number of nitrogens with one attached hydrogen (secondary N) is 2. The molecule has 2 aromatic heterocycles. The molecule has 4 nitrogen and oxygen atoms in total. The fourth-order valence-corrected chi connectivity index (χ4v) is 2.55. The van der Waals surface area contributed by atoms with Gasteiger partial charge in [0.1, 0.15) is 11.6 Å². The van der Waals surface area contributed by atoms with Gasteiger partial charge in [-0.2, -0.15) is 0 Å². The van der Waals surface area contributed by atoms with Gasteiger partial charge in [-0.3, -0.25) is 0 Å². The molecule has 0 radical (unpaired) electrons. The molecule has 2 N–H and O–H groups in total. The highest BCUT2D eigenvalue weighted by molar-refractivity contribution is 7.07. The summed E-state index contributed by atoms with van der Waals surface area (Å²) < 4.78 is 0. The van der Waals surface area contributed by atoms with Crippen molar-refractivity contribution in [2.75, 3.05) is 24.2 Å². The molecule has 0 unspecified atom stereocenters. The molecule has 0 saturated carbocycles. The minimum atomic E-state index is 0.507. The maximum Gasteiger partial charge on any atom is 0.147 e. The smallest absolute Gasteiger partial charge is 0.147 e. The second-order valence-corrected chi connectivity index (χ2v) is 5.09.